The molecule has 0 unspecified atom stereocenters. The number of imidazole rings is 1. The number of hydrogen-bond acceptors (Lipinski definition) is 3. The van der Waals surface area contributed by atoms with Crippen molar-refractivity contribution >= 4 is 34.1 Å². The van der Waals surface area contributed by atoms with Gasteiger partial charge >= 0.3 is 6.18 Å². The second-order valence-electron chi connectivity index (χ2n) is 5.15. The molecule has 0 saturated carbocycles. The zero-order chi connectivity index (χ0) is 17.8. The fourth-order valence-electron chi connectivity index (χ4n) is 2.51. The molecule has 3 aromatic heterocycles. The predicted molar refractivity (Wildman–Crippen MR) is 85.8 cm³/mol. The summed E-state index contributed by atoms with van der Waals surface area (Å²) in [6, 6.07) is 3.21. The maximum Gasteiger partial charge on any atom is 0.451 e. The number of aromatic amines is 2. The van der Waals surface area contributed by atoms with Gasteiger partial charge in [0.1, 0.15) is 5.69 Å². The molecule has 4 aromatic rings. The van der Waals surface area contributed by atoms with Gasteiger partial charge in [-0.2, -0.15) is 13.2 Å². The van der Waals surface area contributed by atoms with Gasteiger partial charge in [-0.15, -0.1) is 10.2 Å². The van der Waals surface area contributed by atoms with Crippen molar-refractivity contribution in [2.45, 2.75) is 6.18 Å². The number of fused-ring (bicyclic) bond motifs is 1. The molecule has 0 spiro atoms. The first-order valence-corrected chi connectivity index (χ1v) is 7.59. The Kier molecular flexibility index (Phi) is 3.51. The molecule has 11 heteroatoms. The van der Waals surface area contributed by atoms with Crippen molar-refractivity contribution in [3.8, 4) is 17.2 Å². The zero-order valence-corrected chi connectivity index (χ0v) is 13.6. The van der Waals surface area contributed by atoms with Crippen molar-refractivity contribution in [2.75, 3.05) is 0 Å². The van der Waals surface area contributed by atoms with Crippen LogP contribution in [0.3, 0.4) is 0 Å². The van der Waals surface area contributed by atoms with Crippen LogP contribution in [0.2, 0.25) is 10.0 Å². The van der Waals surface area contributed by atoms with Crippen LogP contribution in [0, 0.1) is 0 Å². The van der Waals surface area contributed by atoms with Gasteiger partial charge in [0.25, 0.3) is 0 Å². The molecule has 2 N–H and O–H groups in total. The molecule has 0 amide bonds. The summed E-state index contributed by atoms with van der Waals surface area (Å²) >= 11 is 12.1. The standard InChI is InChI=1S/C14H7Cl2F3N6/c15-7-3-6-9(4-8(7)16)21-10(11(6)25-2-1-20-5-25)12-22-13(24-23-12)14(17,18)19/h1-5,21H,(H,22,23,24). The van der Waals surface area contributed by atoms with E-state index >= 15 is 0 Å². The van der Waals surface area contributed by atoms with Crippen LogP contribution in [0.25, 0.3) is 28.1 Å². The van der Waals surface area contributed by atoms with E-state index in [4.69, 9.17) is 23.2 Å². The van der Waals surface area contributed by atoms with Gasteiger partial charge < -0.3 is 14.5 Å². The molecule has 6 nitrogen and oxygen atoms in total. The molecular formula is C14H7Cl2F3N6. The SMILES string of the molecule is FC(F)(F)c1nnc(-c2[nH]c3cc(Cl)c(Cl)cc3c2-n2ccnc2)[nH]1. The largest absolute Gasteiger partial charge is 0.451 e. The minimum atomic E-state index is -4.63. The lowest BCUT2D eigenvalue weighted by Crippen LogP contribution is -2.07. The van der Waals surface area contributed by atoms with E-state index in [-0.39, 0.29) is 5.82 Å². The lowest BCUT2D eigenvalue weighted by atomic mass is 10.2. The smallest absolute Gasteiger partial charge is 0.350 e. The van der Waals surface area contributed by atoms with Gasteiger partial charge in [-0.1, -0.05) is 23.2 Å². The Morgan fingerprint density at radius 3 is 2.44 bits per heavy atom. The lowest BCUT2D eigenvalue weighted by molar-refractivity contribution is -0.144. The summed E-state index contributed by atoms with van der Waals surface area (Å²) in [4.78, 5) is 9.16. The monoisotopic (exact) mass is 386 g/mol. The first-order valence-electron chi connectivity index (χ1n) is 6.84. The Hall–Kier alpha value is -2.52. The van der Waals surface area contributed by atoms with Gasteiger partial charge in [0.05, 0.1) is 22.1 Å². The van der Waals surface area contributed by atoms with Gasteiger partial charge in [0, 0.05) is 23.3 Å². The van der Waals surface area contributed by atoms with E-state index in [1.807, 2.05) is 0 Å². The van der Waals surface area contributed by atoms with E-state index in [2.05, 4.69) is 25.1 Å². The van der Waals surface area contributed by atoms with Gasteiger partial charge in [-0.05, 0) is 12.1 Å². The van der Waals surface area contributed by atoms with Crippen LogP contribution in [-0.4, -0.2) is 29.7 Å². The summed E-state index contributed by atoms with van der Waals surface area (Å²) in [6.45, 7) is 0. The number of H-pyrrole nitrogens is 2. The summed E-state index contributed by atoms with van der Waals surface area (Å²) in [5.41, 5.74) is 1.41. The molecule has 0 aliphatic rings. The number of nitrogens with zero attached hydrogens (tertiary/aromatic N) is 4. The molecule has 0 saturated heterocycles. The zero-order valence-electron chi connectivity index (χ0n) is 12.1. The first kappa shape index (κ1) is 16.0. The van der Waals surface area contributed by atoms with Crippen LogP contribution in [-0.2, 0) is 6.18 Å². The molecule has 0 fully saturated rings. The molecule has 4 rings (SSSR count). The van der Waals surface area contributed by atoms with Crippen molar-refractivity contribution in [3.63, 3.8) is 0 Å². The Bertz CT molecular complexity index is 1060. The van der Waals surface area contributed by atoms with Crippen molar-refractivity contribution in [3.05, 3.63) is 46.7 Å². The number of aromatic nitrogens is 6. The number of halogens is 5. The number of alkyl halides is 3. The molecule has 0 aliphatic heterocycles. The second-order valence-corrected chi connectivity index (χ2v) is 5.96. The maximum atomic E-state index is 12.8. The fraction of sp³-hybridized carbons (Fsp3) is 0.0714. The fourth-order valence-corrected chi connectivity index (χ4v) is 2.84. The van der Waals surface area contributed by atoms with E-state index in [1.165, 1.54) is 6.33 Å². The Labute approximate surface area is 147 Å². The average molecular weight is 387 g/mol. The van der Waals surface area contributed by atoms with E-state index < -0.39 is 12.0 Å². The van der Waals surface area contributed by atoms with Crippen molar-refractivity contribution < 1.29 is 13.2 Å². The topological polar surface area (TPSA) is 75.2 Å². The predicted octanol–water partition coefficient (Wildman–Crippen LogP) is 4.46. The van der Waals surface area contributed by atoms with Crippen LogP contribution in [0.4, 0.5) is 13.2 Å². The Morgan fingerprint density at radius 1 is 1.04 bits per heavy atom. The van der Waals surface area contributed by atoms with Gasteiger partial charge in [0.2, 0.25) is 5.82 Å². The average Bonchev–Trinajstić information content (AvgIpc) is 3.25. The van der Waals surface area contributed by atoms with Gasteiger partial charge in [-0.25, -0.2) is 4.98 Å². The molecular weight excluding hydrogens is 380 g/mol. The van der Waals surface area contributed by atoms with Crippen LogP contribution in [0.5, 0.6) is 0 Å². The molecule has 25 heavy (non-hydrogen) atoms. The molecule has 128 valence electrons. The Balaban J connectivity index is 2.00. The molecule has 0 radical (unpaired) electrons. The highest BCUT2D eigenvalue weighted by Gasteiger charge is 2.36. The number of benzene rings is 1. The summed E-state index contributed by atoms with van der Waals surface area (Å²) in [5, 5.41) is 8.04. The van der Waals surface area contributed by atoms with Gasteiger partial charge in [0.15, 0.2) is 5.82 Å². The van der Waals surface area contributed by atoms with E-state index in [1.54, 1.807) is 29.1 Å². The molecule has 0 aliphatic carbocycles. The van der Waals surface area contributed by atoms with Crippen LogP contribution >= 0.6 is 23.2 Å². The highest BCUT2D eigenvalue weighted by Crippen LogP contribution is 2.37. The first-order chi connectivity index (χ1) is 11.8. The molecule has 0 bridgehead atoms. The quantitative estimate of drug-likeness (QED) is 0.533. The van der Waals surface area contributed by atoms with Crippen molar-refractivity contribution in [1.29, 1.82) is 0 Å². The molecule has 0 atom stereocenters. The third kappa shape index (κ3) is 2.65. The van der Waals surface area contributed by atoms with Crippen molar-refractivity contribution in [1.82, 2.24) is 29.7 Å². The van der Waals surface area contributed by atoms with Gasteiger partial charge in [-0.3, -0.25) is 0 Å². The third-order valence-electron chi connectivity index (χ3n) is 3.57. The number of rotatable bonds is 2. The van der Waals surface area contributed by atoms with E-state index in [0.717, 1.165) is 0 Å². The summed E-state index contributed by atoms with van der Waals surface area (Å²) in [7, 11) is 0. The highest BCUT2D eigenvalue weighted by molar-refractivity contribution is 6.42. The minimum absolute atomic E-state index is 0.0699. The maximum absolute atomic E-state index is 12.8. The third-order valence-corrected chi connectivity index (χ3v) is 4.29. The number of nitrogens with one attached hydrogen (secondary N) is 2. The van der Waals surface area contributed by atoms with Crippen LogP contribution in [0.15, 0.2) is 30.9 Å². The summed E-state index contributed by atoms with van der Waals surface area (Å²) < 4.78 is 40.1. The highest BCUT2D eigenvalue weighted by atomic mass is 35.5. The van der Waals surface area contributed by atoms with Crippen molar-refractivity contribution in [2.24, 2.45) is 0 Å². The summed E-state index contributed by atoms with van der Waals surface area (Å²) in [5.74, 6) is -1.26. The second kappa shape index (κ2) is 5.50. The normalized spacial score (nSPS) is 12.2. The van der Waals surface area contributed by atoms with Crippen LogP contribution < -0.4 is 0 Å². The number of hydrogen-bond donors (Lipinski definition) is 2. The summed E-state index contributed by atoms with van der Waals surface area (Å²) in [6.07, 6.45) is 0.0754. The lowest BCUT2D eigenvalue weighted by Gasteiger charge is -2.04. The van der Waals surface area contributed by atoms with Crippen LogP contribution in [0.1, 0.15) is 5.82 Å². The van der Waals surface area contributed by atoms with E-state index in [0.29, 0.717) is 32.3 Å². The minimum Gasteiger partial charge on any atom is -0.350 e. The van der Waals surface area contributed by atoms with E-state index in [9.17, 15) is 13.2 Å². The Morgan fingerprint density at radius 2 is 1.80 bits per heavy atom. The molecule has 3 heterocycles. The molecule has 1 aromatic carbocycles.